The summed E-state index contributed by atoms with van der Waals surface area (Å²) in [6.07, 6.45) is 0. The van der Waals surface area contributed by atoms with Crippen molar-refractivity contribution in [2.75, 3.05) is 0 Å². The van der Waals surface area contributed by atoms with Gasteiger partial charge in [0.15, 0.2) is 0 Å². The molecule has 0 saturated carbocycles. The highest BCUT2D eigenvalue weighted by molar-refractivity contribution is 6.32. The monoisotopic (exact) mass is 246 g/mol. The Hall–Kier alpha value is -1.87. The van der Waals surface area contributed by atoms with E-state index in [0.29, 0.717) is 21.3 Å². The van der Waals surface area contributed by atoms with E-state index < -0.39 is 0 Å². The predicted octanol–water partition coefficient (Wildman–Crippen LogP) is 4.57. The molecule has 0 bridgehead atoms. The lowest BCUT2D eigenvalue weighted by Gasteiger charge is -2.01. The third kappa shape index (κ3) is 2.82. The highest BCUT2D eigenvalue weighted by atomic mass is 35.5. The molecule has 0 spiro atoms. The van der Waals surface area contributed by atoms with Crippen molar-refractivity contribution in [2.45, 2.75) is 6.92 Å². The summed E-state index contributed by atoms with van der Waals surface area (Å²) in [5.74, 6) is 0. The second kappa shape index (κ2) is 4.97. The zero-order valence-electron chi connectivity index (χ0n) is 9.30. The number of benzene rings is 2. The maximum Gasteiger partial charge on any atom is 0.263 e. The molecule has 0 saturated heterocycles. The van der Waals surface area contributed by atoms with Crippen LogP contribution in [0.15, 0.2) is 53.6 Å². The number of hydrogen-bond donors (Lipinski definition) is 0. The number of hydrogen-bond acceptors (Lipinski definition) is 2. The van der Waals surface area contributed by atoms with Crippen molar-refractivity contribution in [1.82, 2.24) is 0 Å². The van der Waals surface area contributed by atoms with Crippen LogP contribution in [0.25, 0.3) is 0 Å². The van der Waals surface area contributed by atoms with Gasteiger partial charge in [0.05, 0.1) is 0 Å². The fraction of sp³-hybridized carbons (Fsp3) is 0.0769. The maximum absolute atomic E-state index is 11.8. The number of para-hydroxylation sites is 1. The molecule has 0 unspecified atom stereocenters. The summed E-state index contributed by atoms with van der Waals surface area (Å²) >= 11 is 5.91. The lowest BCUT2D eigenvalue weighted by Crippen LogP contribution is -1.90. The van der Waals surface area contributed by atoms with Crippen LogP contribution in [0.4, 0.5) is 11.4 Å². The molecule has 0 amide bonds. The molecule has 86 valence electrons. The van der Waals surface area contributed by atoms with Crippen molar-refractivity contribution in [2.24, 2.45) is 5.11 Å². The minimum atomic E-state index is 0.342. The molecular weight excluding hydrogens is 236 g/mol. The Morgan fingerprint density at radius 3 is 2.35 bits per heavy atom. The molecule has 2 aromatic carbocycles. The number of nitrogens with zero attached hydrogens (tertiary/aromatic N) is 2. The van der Waals surface area contributed by atoms with Crippen LogP contribution in [0, 0.1) is 12.1 Å². The molecule has 0 aliphatic heterocycles. The fourth-order valence-corrected chi connectivity index (χ4v) is 1.59. The van der Waals surface area contributed by atoms with Crippen LogP contribution in [0.2, 0.25) is 5.02 Å². The number of halogens is 1. The van der Waals surface area contributed by atoms with Crippen LogP contribution >= 0.6 is 11.6 Å². The van der Waals surface area contributed by atoms with Gasteiger partial charge in [0, 0.05) is 11.2 Å². The van der Waals surface area contributed by atoms with Gasteiger partial charge in [-0.15, -0.1) is 0 Å². The molecule has 0 aliphatic carbocycles. The molecule has 0 aromatic heterocycles. The molecule has 17 heavy (non-hydrogen) atoms. The third-order valence-corrected chi connectivity index (χ3v) is 2.62. The van der Waals surface area contributed by atoms with Crippen LogP contribution < -0.4 is 0 Å². The third-order valence-electron chi connectivity index (χ3n) is 2.30. The number of aryl methyl sites for hydroxylation is 1. The standard InChI is InChI=1S/C13H11ClN2O/c1-10-6-8-11(9-7-10)15-16(17)13-5-3-2-4-12(13)14/h2-9H,1H3. The first-order chi connectivity index (χ1) is 8.16. The van der Waals surface area contributed by atoms with Crippen LogP contribution in [-0.2, 0) is 0 Å². The Morgan fingerprint density at radius 1 is 1.06 bits per heavy atom. The zero-order valence-corrected chi connectivity index (χ0v) is 10.1. The lowest BCUT2D eigenvalue weighted by atomic mass is 10.2. The van der Waals surface area contributed by atoms with Crippen molar-refractivity contribution < 1.29 is 4.86 Å². The van der Waals surface area contributed by atoms with Gasteiger partial charge in [-0.2, -0.15) is 0 Å². The van der Waals surface area contributed by atoms with Crippen LogP contribution in [-0.4, -0.2) is 4.86 Å². The van der Waals surface area contributed by atoms with Gasteiger partial charge in [0.1, 0.15) is 10.7 Å². The Kier molecular flexibility index (Phi) is 3.40. The molecule has 0 atom stereocenters. The number of azo groups is 1. The van der Waals surface area contributed by atoms with E-state index in [2.05, 4.69) is 5.11 Å². The van der Waals surface area contributed by atoms with Gasteiger partial charge in [0.2, 0.25) is 0 Å². The van der Waals surface area contributed by atoms with E-state index in [1.165, 1.54) is 0 Å². The highest BCUT2D eigenvalue weighted by Gasteiger charge is 2.08. The molecule has 0 radical (unpaired) electrons. The van der Waals surface area contributed by atoms with Crippen LogP contribution in [0.1, 0.15) is 5.56 Å². The summed E-state index contributed by atoms with van der Waals surface area (Å²) in [6.45, 7) is 1.98. The maximum atomic E-state index is 11.8. The SMILES string of the molecule is Cc1ccc(N=[N+]([O-])c2ccccc2Cl)cc1. The van der Waals surface area contributed by atoms with E-state index in [-0.39, 0.29) is 0 Å². The minimum absolute atomic E-state index is 0.342. The van der Waals surface area contributed by atoms with Crippen molar-refractivity contribution in [3.8, 4) is 0 Å². The van der Waals surface area contributed by atoms with Crippen molar-refractivity contribution in [1.29, 1.82) is 0 Å². The van der Waals surface area contributed by atoms with Gasteiger partial charge < -0.3 is 5.21 Å². The van der Waals surface area contributed by atoms with Gasteiger partial charge in [-0.05, 0) is 30.0 Å². The topological polar surface area (TPSA) is 38.4 Å². The van der Waals surface area contributed by atoms with E-state index in [1.807, 2.05) is 19.1 Å². The molecule has 2 rings (SSSR count). The smallest absolute Gasteiger partial charge is 0.263 e. The molecule has 0 aliphatic rings. The summed E-state index contributed by atoms with van der Waals surface area (Å²) in [6, 6.07) is 14.2. The second-order valence-corrected chi connectivity index (χ2v) is 4.07. The van der Waals surface area contributed by atoms with Crippen molar-refractivity contribution >= 4 is 23.0 Å². The molecule has 2 aromatic rings. The van der Waals surface area contributed by atoms with Gasteiger partial charge in [0.25, 0.3) is 5.69 Å². The van der Waals surface area contributed by atoms with Gasteiger partial charge in [-0.25, -0.2) is 0 Å². The van der Waals surface area contributed by atoms with Gasteiger partial charge in [-0.1, -0.05) is 41.4 Å². The average molecular weight is 247 g/mol. The average Bonchev–Trinajstić information content (AvgIpc) is 2.32. The number of rotatable bonds is 2. The summed E-state index contributed by atoms with van der Waals surface area (Å²) in [5, 5.41) is 16.1. The molecule has 0 heterocycles. The van der Waals surface area contributed by atoms with Crippen LogP contribution in [0.5, 0.6) is 0 Å². The highest BCUT2D eigenvalue weighted by Crippen LogP contribution is 2.25. The zero-order chi connectivity index (χ0) is 12.3. The van der Waals surface area contributed by atoms with Crippen molar-refractivity contribution in [3.63, 3.8) is 0 Å². The van der Waals surface area contributed by atoms with Gasteiger partial charge >= 0.3 is 0 Å². The summed E-state index contributed by atoms with van der Waals surface area (Å²) in [4.78, 5) is 0.535. The van der Waals surface area contributed by atoms with E-state index >= 15 is 0 Å². The van der Waals surface area contributed by atoms with Gasteiger partial charge in [-0.3, -0.25) is 0 Å². The minimum Gasteiger partial charge on any atom is -0.594 e. The molecular formula is C13H11ClN2O. The largest absolute Gasteiger partial charge is 0.594 e. The van der Waals surface area contributed by atoms with E-state index in [4.69, 9.17) is 11.6 Å². The Labute approximate surface area is 105 Å². The molecule has 0 N–H and O–H groups in total. The van der Waals surface area contributed by atoms with E-state index in [9.17, 15) is 5.21 Å². The molecule has 0 fully saturated rings. The first kappa shape index (κ1) is 11.6. The predicted molar refractivity (Wildman–Crippen MR) is 68.0 cm³/mol. The molecule has 4 heteroatoms. The summed E-state index contributed by atoms with van der Waals surface area (Å²) in [5.41, 5.74) is 2.07. The van der Waals surface area contributed by atoms with E-state index in [0.717, 1.165) is 5.56 Å². The summed E-state index contributed by atoms with van der Waals surface area (Å²) < 4.78 is 0. The lowest BCUT2D eigenvalue weighted by molar-refractivity contribution is -0.435. The second-order valence-electron chi connectivity index (χ2n) is 3.66. The van der Waals surface area contributed by atoms with Crippen molar-refractivity contribution in [3.05, 3.63) is 64.3 Å². The quantitative estimate of drug-likeness (QED) is 0.434. The fourth-order valence-electron chi connectivity index (χ4n) is 1.38. The van der Waals surface area contributed by atoms with E-state index in [1.54, 1.807) is 36.4 Å². The molecule has 3 nitrogen and oxygen atoms in total. The first-order valence-corrected chi connectivity index (χ1v) is 5.55. The van der Waals surface area contributed by atoms with Crippen LogP contribution in [0.3, 0.4) is 0 Å². The Bertz CT molecular complexity index is 550. The normalized spacial score (nSPS) is 11.5. The first-order valence-electron chi connectivity index (χ1n) is 5.17. The Balaban J connectivity index is 2.34. The Morgan fingerprint density at radius 2 is 1.71 bits per heavy atom. The summed E-state index contributed by atoms with van der Waals surface area (Å²) in [7, 11) is 0.